The molecule has 1 unspecified atom stereocenters. The Bertz CT molecular complexity index is 375. The molecule has 1 aliphatic heterocycles. The number of ether oxygens (including phenoxy) is 1. The van der Waals surface area contributed by atoms with Gasteiger partial charge < -0.3 is 15.2 Å². The number of hydrogen-bond donors (Lipinski definition) is 2. The predicted molar refractivity (Wildman–Crippen MR) is 57.8 cm³/mol. The average molecular weight is 222 g/mol. The number of aliphatic hydroxyl groups is 1. The molecule has 5 nitrogen and oxygen atoms in total. The molecular formula is C11H14N2O3. The molecule has 5 heteroatoms. The number of hydrogen-bond acceptors (Lipinski definition) is 4. The number of amides is 1. The van der Waals surface area contributed by atoms with Crippen LogP contribution in [-0.2, 0) is 16.1 Å². The van der Waals surface area contributed by atoms with Crippen molar-refractivity contribution in [1.29, 1.82) is 0 Å². The Labute approximate surface area is 93.5 Å². The van der Waals surface area contributed by atoms with Gasteiger partial charge in [-0.3, -0.25) is 4.79 Å². The molecule has 2 N–H and O–H groups in total. The summed E-state index contributed by atoms with van der Waals surface area (Å²) in [6.45, 7) is 0.577. The van der Waals surface area contributed by atoms with E-state index in [1.54, 1.807) is 18.3 Å². The minimum Gasteiger partial charge on any atom is -0.392 e. The number of anilines is 1. The van der Waals surface area contributed by atoms with E-state index < -0.39 is 0 Å². The standard InChI is InChI=1S/C11H14N2O3/c14-7-8-3-4-12-10(6-8)13-11(15)9-2-1-5-16-9/h3-4,6,9,14H,1-2,5,7H2,(H,12,13,15). The first-order chi connectivity index (χ1) is 7.79. The second-order valence-electron chi connectivity index (χ2n) is 3.70. The third kappa shape index (κ3) is 2.56. The molecule has 16 heavy (non-hydrogen) atoms. The van der Waals surface area contributed by atoms with Gasteiger partial charge >= 0.3 is 0 Å². The van der Waals surface area contributed by atoms with E-state index in [2.05, 4.69) is 10.3 Å². The summed E-state index contributed by atoms with van der Waals surface area (Å²) in [5.74, 6) is 0.284. The van der Waals surface area contributed by atoms with E-state index in [1.807, 2.05) is 0 Å². The minimum atomic E-state index is -0.361. The van der Waals surface area contributed by atoms with Crippen LogP contribution in [-0.4, -0.2) is 28.7 Å². The fourth-order valence-electron chi connectivity index (χ4n) is 1.63. The molecule has 1 aliphatic rings. The summed E-state index contributed by atoms with van der Waals surface area (Å²) in [6.07, 6.45) is 2.87. The molecule has 2 heterocycles. The normalized spacial score (nSPS) is 19.7. The van der Waals surface area contributed by atoms with Crippen molar-refractivity contribution in [2.75, 3.05) is 11.9 Å². The first-order valence-corrected chi connectivity index (χ1v) is 5.28. The molecule has 0 radical (unpaired) electrons. The van der Waals surface area contributed by atoms with Crippen LogP contribution in [0.3, 0.4) is 0 Å². The summed E-state index contributed by atoms with van der Waals surface area (Å²) >= 11 is 0. The van der Waals surface area contributed by atoms with Crippen LogP contribution in [0.5, 0.6) is 0 Å². The fraction of sp³-hybridized carbons (Fsp3) is 0.455. The molecule has 2 rings (SSSR count). The molecular weight excluding hydrogens is 208 g/mol. The number of pyridine rings is 1. The van der Waals surface area contributed by atoms with Gasteiger partial charge in [0.25, 0.3) is 5.91 Å². The molecule has 0 spiro atoms. The van der Waals surface area contributed by atoms with Crippen molar-refractivity contribution in [2.24, 2.45) is 0 Å². The van der Waals surface area contributed by atoms with E-state index in [9.17, 15) is 4.79 Å². The van der Waals surface area contributed by atoms with Crippen LogP contribution in [0.4, 0.5) is 5.82 Å². The maximum absolute atomic E-state index is 11.7. The lowest BCUT2D eigenvalue weighted by Gasteiger charge is -2.09. The molecule has 0 bridgehead atoms. The summed E-state index contributed by atoms with van der Waals surface area (Å²) in [4.78, 5) is 15.7. The Morgan fingerprint density at radius 1 is 1.69 bits per heavy atom. The van der Waals surface area contributed by atoms with E-state index in [0.717, 1.165) is 18.4 Å². The van der Waals surface area contributed by atoms with Gasteiger partial charge in [-0.25, -0.2) is 4.98 Å². The van der Waals surface area contributed by atoms with Crippen molar-refractivity contribution in [3.63, 3.8) is 0 Å². The summed E-state index contributed by atoms with van der Waals surface area (Å²) in [7, 11) is 0. The predicted octanol–water partition coefficient (Wildman–Crippen LogP) is 0.691. The number of aliphatic hydroxyl groups excluding tert-OH is 1. The topological polar surface area (TPSA) is 71.5 Å². The molecule has 1 saturated heterocycles. The van der Waals surface area contributed by atoms with Gasteiger partial charge in [0.2, 0.25) is 0 Å². The van der Waals surface area contributed by atoms with Gasteiger partial charge in [0.05, 0.1) is 6.61 Å². The molecule has 1 aromatic heterocycles. The van der Waals surface area contributed by atoms with E-state index in [-0.39, 0.29) is 18.6 Å². The number of carbonyl (C=O) groups excluding carboxylic acids is 1. The first kappa shape index (κ1) is 11.0. The van der Waals surface area contributed by atoms with E-state index in [0.29, 0.717) is 12.4 Å². The first-order valence-electron chi connectivity index (χ1n) is 5.28. The lowest BCUT2D eigenvalue weighted by molar-refractivity contribution is -0.124. The zero-order valence-corrected chi connectivity index (χ0v) is 8.85. The number of rotatable bonds is 3. The third-order valence-electron chi connectivity index (χ3n) is 2.48. The fourth-order valence-corrected chi connectivity index (χ4v) is 1.63. The number of aromatic nitrogens is 1. The highest BCUT2D eigenvalue weighted by Gasteiger charge is 2.23. The summed E-state index contributed by atoms with van der Waals surface area (Å²) in [6, 6.07) is 3.34. The van der Waals surface area contributed by atoms with Gasteiger partial charge in [-0.05, 0) is 30.5 Å². The zero-order valence-electron chi connectivity index (χ0n) is 8.85. The molecule has 1 amide bonds. The van der Waals surface area contributed by atoms with Crippen LogP contribution in [0.2, 0.25) is 0 Å². The van der Waals surface area contributed by atoms with Gasteiger partial charge in [0, 0.05) is 12.8 Å². The Kier molecular flexibility index (Phi) is 3.48. The Morgan fingerprint density at radius 3 is 3.25 bits per heavy atom. The highest BCUT2D eigenvalue weighted by Crippen LogP contribution is 2.14. The minimum absolute atomic E-state index is 0.0642. The lowest BCUT2D eigenvalue weighted by atomic mass is 10.2. The third-order valence-corrected chi connectivity index (χ3v) is 2.48. The van der Waals surface area contributed by atoms with Gasteiger partial charge in [-0.1, -0.05) is 0 Å². The molecule has 1 atom stereocenters. The Balaban J connectivity index is 1.99. The highest BCUT2D eigenvalue weighted by atomic mass is 16.5. The summed E-state index contributed by atoms with van der Waals surface area (Å²) < 4.78 is 5.25. The van der Waals surface area contributed by atoms with Crippen molar-refractivity contribution in [1.82, 2.24) is 4.98 Å². The number of nitrogens with one attached hydrogen (secondary N) is 1. The molecule has 86 valence electrons. The molecule has 0 saturated carbocycles. The maximum atomic E-state index is 11.7. The smallest absolute Gasteiger partial charge is 0.254 e. The monoisotopic (exact) mass is 222 g/mol. The molecule has 1 fully saturated rings. The Morgan fingerprint density at radius 2 is 2.56 bits per heavy atom. The van der Waals surface area contributed by atoms with E-state index >= 15 is 0 Å². The zero-order chi connectivity index (χ0) is 11.4. The summed E-state index contributed by atoms with van der Waals surface area (Å²) in [5.41, 5.74) is 0.720. The van der Waals surface area contributed by atoms with Crippen LogP contribution in [0.25, 0.3) is 0 Å². The SMILES string of the molecule is O=C(Nc1cc(CO)ccn1)C1CCCO1. The van der Waals surface area contributed by atoms with Crippen LogP contribution >= 0.6 is 0 Å². The number of carbonyl (C=O) groups is 1. The summed E-state index contributed by atoms with van der Waals surface area (Å²) in [5, 5.41) is 11.6. The van der Waals surface area contributed by atoms with Gasteiger partial charge in [-0.15, -0.1) is 0 Å². The average Bonchev–Trinajstić information content (AvgIpc) is 2.83. The van der Waals surface area contributed by atoms with Crippen molar-refractivity contribution >= 4 is 11.7 Å². The van der Waals surface area contributed by atoms with Gasteiger partial charge in [-0.2, -0.15) is 0 Å². The van der Waals surface area contributed by atoms with Crippen molar-refractivity contribution < 1.29 is 14.6 Å². The molecule has 0 aliphatic carbocycles. The van der Waals surface area contributed by atoms with Crippen LogP contribution < -0.4 is 5.32 Å². The van der Waals surface area contributed by atoms with Crippen molar-refractivity contribution in [3.8, 4) is 0 Å². The maximum Gasteiger partial charge on any atom is 0.254 e. The largest absolute Gasteiger partial charge is 0.392 e. The van der Waals surface area contributed by atoms with Gasteiger partial charge in [0.1, 0.15) is 11.9 Å². The van der Waals surface area contributed by atoms with Crippen molar-refractivity contribution in [3.05, 3.63) is 23.9 Å². The molecule has 0 aromatic carbocycles. The van der Waals surface area contributed by atoms with Crippen LogP contribution in [0.15, 0.2) is 18.3 Å². The second kappa shape index (κ2) is 5.05. The highest BCUT2D eigenvalue weighted by molar-refractivity contribution is 5.93. The van der Waals surface area contributed by atoms with Gasteiger partial charge in [0.15, 0.2) is 0 Å². The number of nitrogens with zero attached hydrogens (tertiary/aromatic N) is 1. The van der Waals surface area contributed by atoms with Crippen LogP contribution in [0, 0.1) is 0 Å². The van der Waals surface area contributed by atoms with E-state index in [4.69, 9.17) is 9.84 Å². The molecule has 1 aromatic rings. The van der Waals surface area contributed by atoms with Crippen LogP contribution in [0.1, 0.15) is 18.4 Å². The van der Waals surface area contributed by atoms with E-state index in [1.165, 1.54) is 0 Å². The quantitative estimate of drug-likeness (QED) is 0.789. The Hall–Kier alpha value is -1.46. The second-order valence-corrected chi connectivity index (χ2v) is 3.70. The van der Waals surface area contributed by atoms with Crippen molar-refractivity contribution in [2.45, 2.75) is 25.6 Å². The lowest BCUT2D eigenvalue weighted by Crippen LogP contribution is -2.27.